The molecule has 7 heteroatoms. The first kappa shape index (κ1) is 18.3. The van der Waals surface area contributed by atoms with Gasteiger partial charge in [0.15, 0.2) is 5.82 Å². The Bertz CT molecular complexity index is 668. The van der Waals surface area contributed by atoms with Gasteiger partial charge in [0.2, 0.25) is 0 Å². The summed E-state index contributed by atoms with van der Waals surface area (Å²) in [5.41, 5.74) is 7.82. The first-order valence-electron chi connectivity index (χ1n) is 6.89. The summed E-state index contributed by atoms with van der Waals surface area (Å²) in [5, 5.41) is 6.86. The molecule has 2 aromatic rings. The maximum Gasteiger partial charge on any atom is 0.253 e. The lowest BCUT2D eigenvalue weighted by Gasteiger charge is -2.18. The Morgan fingerprint density at radius 2 is 2.00 bits per heavy atom. The lowest BCUT2D eigenvalue weighted by molar-refractivity contribution is 0.0945. The molecular formula is C15H23ClN4O2. The van der Waals surface area contributed by atoms with E-state index >= 15 is 0 Å². The van der Waals surface area contributed by atoms with Gasteiger partial charge in [-0.3, -0.25) is 9.36 Å². The van der Waals surface area contributed by atoms with E-state index in [2.05, 4.69) is 10.5 Å². The summed E-state index contributed by atoms with van der Waals surface area (Å²) in [6.45, 7) is 9.81. The van der Waals surface area contributed by atoms with Crippen molar-refractivity contribution in [3.8, 4) is 5.82 Å². The number of aryl methyl sites for hydroxylation is 2. The molecule has 0 aliphatic carbocycles. The number of amides is 1. The quantitative estimate of drug-likeness (QED) is 0.902. The van der Waals surface area contributed by atoms with E-state index in [1.165, 1.54) is 0 Å². The van der Waals surface area contributed by atoms with Crippen LogP contribution in [0.2, 0.25) is 0 Å². The van der Waals surface area contributed by atoms with Crippen molar-refractivity contribution in [3.05, 3.63) is 34.8 Å². The third-order valence-electron chi connectivity index (χ3n) is 3.22. The zero-order valence-corrected chi connectivity index (χ0v) is 14.4. The van der Waals surface area contributed by atoms with Crippen molar-refractivity contribution < 1.29 is 9.32 Å². The smallest absolute Gasteiger partial charge is 0.253 e. The summed E-state index contributed by atoms with van der Waals surface area (Å²) in [6.07, 6.45) is 0. The van der Waals surface area contributed by atoms with Crippen LogP contribution in [-0.2, 0) is 0 Å². The molecule has 0 saturated heterocycles. The van der Waals surface area contributed by atoms with E-state index in [1.54, 1.807) is 0 Å². The van der Waals surface area contributed by atoms with E-state index < -0.39 is 5.54 Å². The minimum Gasteiger partial charge on any atom is -0.360 e. The predicted octanol–water partition coefficient (Wildman–Crippen LogP) is 2.28. The normalized spacial score (nSPS) is 11.2. The van der Waals surface area contributed by atoms with Crippen LogP contribution >= 0.6 is 12.4 Å². The van der Waals surface area contributed by atoms with Crippen LogP contribution in [-0.4, -0.2) is 27.7 Å². The van der Waals surface area contributed by atoms with Crippen molar-refractivity contribution in [2.75, 3.05) is 6.54 Å². The number of nitrogens with one attached hydrogen (secondary N) is 1. The van der Waals surface area contributed by atoms with Gasteiger partial charge in [0.25, 0.3) is 5.91 Å². The second kappa shape index (κ2) is 6.54. The van der Waals surface area contributed by atoms with Gasteiger partial charge < -0.3 is 15.6 Å². The predicted molar refractivity (Wildman–Crippen MR) is 87.9 cm³/mol. The minimum absolute atomic E-state index is 0. The van der Waals surface area contributed by atoms with Crippen LogP contribution < -0.4 is 11.1 Å². The fourth-order valence-electron chi connectivity index (χ4n) is 2.21. The summed E-state index contributed by atoms with van der Waals surface area (Å²) >= 11 is 0. The molecule has 2 rings (SSSR count). The second-order valence-electron chi connectivity index (χ2n) is 6.09. The summed E-state index contributed by atoms with van der Waals surface area (Å²) in [4.78, 5) is 12.3. The van der Waals surface area contributed by atoms with Gasteiger partial charge in [-0.1, -0.05) is 5.16 Å². The van der Waals surface area contributed by atoms with Gasteiger partial charge in [-0.25, -0.2) is 0 Å². The van der Waals surface area contributed by atoms with Crippen molar-refractivity contribution in [1.82, 2.24) is 15.0 Å². The molecule has 6 nitrogen and oxygen atoms in total. The number of halogens is 1. The van der Waals surface area contributed by atoms with Crippen molar-refractivity contribution in [1.29, 1.82) is 0 Å². The van der Waals surface area contributed by atoms with Gasteiger partial charge in [-0.15, -0.1) is 12.4 Å². The Morgan fingerprint density at radius 1 is 1.36 bits per heavy atom. The molecule has 0 fully saturated rings. The molecule has 0 aliphatic heterocycles. The van der Waals surface area contributed by atoms with Gasteiger partial charge in [0, 0.05) is 29.5 Å². The lowest BCUT2D eigenvalue weighted by Crippen LogP contribution is -2.45. The topological polar surface area (TPSA) is 86.1 Å². The van der Waals surface area contributed by atoms with E-state index in [0.717, 1.165) is 17.1 Å². The summed E-state index contributed by atoms with van der Waals surface area (Å²) in [6, 6.07) is 3.68. The highest BCUT2D eigenvalue weighted by Crippen LogP contribution is 2.20. The number of hydrogen-bond acceptors (Lipinski definition) is 4. The molecule has 0 unspecified atom stereocenters. The first-order chi connectivity index (χ1) is 9.69. The number of rotatable bonds is 4. The highest BCUT2D eigenvalue weighted by molar-refractivity contribution is 5.95. The average Bonchev–Trinajstić information content (AvgIpc) is 2.89. The van der Waals surface area contributed by atoms with Gasteiger partial charge in [0.05, 0.1) is 5.56 Å². The molecular weight excluding hydrogens is 304 g/mol. The van der Waals surface area contributed by atoms with Crippen LogP contribution in [0.25, 0.3) is 5.82 Å². The van der Waals surface area contributed by atoms with Gasteiger partial charge in [0.1, 0.15) is 5.76 Å². The zero-order valence-electron chi connectivity index (χ0n) is 13.6. The largest absolute Gasteiger partial charge is 0.360 e. The standard InChI is InChI=1S/C15H22N4O2.ClH/c1-9-6-12(14(20)17-8-15(4,5)16)11(3)19(9)13-7-10(2)21-18-13;/h6-7H,8,16H2,1-5H3,(H,17,20);1H. The van der Waals surface area contributed by atoms with Crippen LogP contribution in [0.3, 0.4) is 0 Å². The third kappa shape index (κ3) is 3.90. The second-order valence-corrected chi connectivity index (χ2v) is 6.09. The maximum absolute atomic E-state index is 12.3. The number of carbonyl (C=O) groups excluding carboxylic acids is 1. The summed E-state index contributed by atoms with van der Waals surface area (Å²) in [7, 11) is 0. The van der Waals surface area contributed by atoms with Crippen LogP contribution in [0.1, 0.15) is 41.4 Å². The molecule has 0 saturated carbocycles. The average molecular weight is 327 g/mol. The Kier molecular flexibility index (Phi) is 5.43. The van der Waals surface area contributed by atoms with Gasteiger partial charge in [-0.05, 0) is 40.7 Å². The van der Waals surface area contributed by atoms with Crippen molar-refractivity contribution in [3.63, 3.8) is 0 Å². The highest BCUT2D eigenvalue weighted by Gasteiger charge is 2.20. The van der Waals surface area contributed by atoms with Crippen molar-refractivity contribution >= 4 is 18.3 Å². The molecule has 0 atom stereocenters. The van der Waals surface area contributed by atoms with E-state index in [9.17, 15) is 4.79 Å². The maximum atomic E-state index is 12.3. The van der Waals surface area contributed by atoms with Crippen LogP contribution in [0.4, 0.5) is 0 Å². The number of hydrogen-bond donors (Lipinski definition) is 2. The molecule has 2 heterocycles. The third-order valence-corrected chi connectivity index (χ3v) is 3.22. The van der Waals surface area contributed by atoms with E-state index in [4.69, 9.17) is 10.3 Å². The first-order valence-corrected chi connectivity index (χ1v) is 6.89. The Balaban J connectivity index is 0.00000242. The number of nitrogens with two attached hydrogens (primary N) is 1. The van der Waals surface area contributed by atoms with Crippen LogP contribution in [0.15, 0.2) is 16.7 Å². The van der Waals surface area contributed by atoms with E-state index in [-0.39, 0.29) is 18.3 Å². The lowest BCUT2D eigenvalue weighted by atomic mass is 10.1. The minimum atomic E-state index is -0.440. The van der Waals surface area contributed by atoms with Crippen molar-refractivity contribution in [2.24, 2.45) is 5.73 Å². The summed E-state index contributed by atoms with van der Waals surface area (Å²) < 4.78 is 7.00. The molecule has 0 aliphatic rings. The molecule has 3 N–H and O–H groups in total. The van der Waals surface area contributed by atoms with Crippen molar-refractivity contribution in [2.45, 2.75) is 40.2 Å². The molecule has 0 spiro atoms. The Hall–Kier alpha value is -1.79. The fourth-order valence-corrected chi connectivity index (χ4v) is 2.21. The molecule has 0 aromatic carbocycles. The molecule has 1 amide bonds. The monoisotopic (exact) mass is 326 g/mol. The molecule has 0 bridgehead atoms. The fraction of sp³-hybridized carbons (Fsp3) is 0.467. The van der Waals surface area contributed by atoms with Crippen LogP contribution in [0, 0.1) is 20.8 Å². The molecule has 22 heavy (non-hydrogen) atoms. The zero-order chi connectivity index (χ0) is 15.8. The van der Waals surface area contributed by atoms with Gasteiger partial charge in [-0.2, -0.15) is 0 Å². The highest BCUT2D eigenvalue weighted by atomic mass is 35.5. The number of carbonyl (C=O) groups is 1. The van der Waals surface area contributed by atoms with E-state index in [1.807, 2.05) is 51.3 Å². The molecule has 0 radical (unpaired) electrons. The molecule has 2 aromatic heterocycles. The number of nitrogens with zero attached hydrogens (tertiary/aromatic N) is 2. The Labute approximate surface area is 136 Å². The van der Waals surface area contributed by atoms with Crippen LogP contribution in [0.5, 0.6) is 0 Å². The van der Waals surface area contributed by atoms with Gasteiger partial charge >= 0.3 is 0 Å². The Morgan fingerprint density at radius 3 is 2.50 bits per heavy atom. The summed E-state index contributed by atoms with van der Waals surface area (Å²) in [5.74, 6) is 1.28. The SMILES string of the molecule is Cc1cc(-n2c(C)cc(C(=O)NCC(C)(C)N)c2C)no1.Cl. The number of aromatic nitrogens is 2. The molecule has 122 valence electrons. The van der Waals surface area contributed by atoms with E-state index in [0.29, 0.717) is 17.9 Å².